The number of hydrogen-bond acceptors (Lipinski definition) is 2. The fraction of sp³-hybridized carbons (Fsp3) is 0.235. The molecule has 0 bridgehead atoms. The van der Waals surface area contributed by atoms with E-state index in [9.17, 15) is 0 Å². The van der Waals surface area contributed by atoms with Crippen LogP contribution < -0.4 is 0 Å². The van der Waals surface area contributed by atoms with E-state index in [-0.39, 0.29) is 5.41 Å². The van der Waals surface area contributed by atoms with Crippen molar-refractivity contribution in [3.8, 4) is 11.1 Å². The van der Waals surface area contributed by atoms with Gasteiger partial charge >= 0.3 is 0 Å². The van der Waals surface area contributed by atoms with Crippen molar-refractivity contribution in [2.45, 2.75) is 25.7 Å². The smallest absolute Gasteiger partial charge is 0.0879 e. The Hall–Kier alpha value is -1.80. The molecule has 0 saturated carbocycles. The van der Waals surface area contributed by atoms with E-state index in [1.807, 2.05) is 30.3 Å². The Bertz CT molecular complexity index is 687. The van der Waals surface area contributed by atoms with Crippen LogP contribution in [-0.2, 0) is 5.41 Å². The fourth-order valence-electron chi connectivity index (χ4n) is 2.88. The monoisotopic (exact) mass is 285 g/mol. The molecule has 0 fully saturated rings. The van der Waals surface area contributed by atoms with Crippen molar-refractivity contribution in [1.82, 2.24) is 0 Å². The largest absolute Gasteiger partial charge is 0.411 e. The van der Waals surface area contributed by atoms with Crippen molar-refractivity contribution < 1.29 is 5.21 Å². The molecule has 3 heteroatoms. The van der Waals surface area contributed by atoms with Gasteiger partial charge in [-0.2, -0.15) is 0 Å². The number of nitrogens with zero attached hydrogens (tertiary/aromatic N) is 1. The van der Waals surface area contributed by atoms with Crippen LogP contribution >= 0.6 is 11.6 Å². The van der Waals surface area contributed by atoms with Gasteiger partial charge in [0.15, 0.2) is 0 Å². The lowest BCUT2D eigenvalue weighted by Crippen LogP contribution is -2.12. The fourth-order valence-corrected chi connectivity index (χ4v) is 3.00. The third kappa shape index (κ3) is 2.10. The van der Waals surface area contributed by atoms with E-state index in [2.05, 4.69) is 31.1 Å². The summed E-state index contributed by atoms with van der Waals surface area (Å²) in [6.07, 6.45) is 0.767. The van der Waals surface area contributed by atoms with E-state index >= 15 is 0 Å². The van der Waals surface area contributed by atoms with E-state index in [1.165, 1.54) is 5.56 Å². The van der Waals surface area contributed by atoms with Gasteiger partial charge in [0, 0.05) is 17.0 Å². The standard InChI is InChI=1S/C17H16ClNO/c1-17(2)10-16(19-20)14-8-5-12(9-15(14)17)11-3-6-13(18)7-4-11/h3-9,20H,10H2,1-2H3. The van der Waals surface area contributed by atoms with Crippen molar-refractivity contribution in [3.63, 3.8) is 0 Å². The maximum atomic E-state index is 9.14. The summed E-state index contributed by atoms with van der Waals surface area (Å²) in [6, 6.07) is 14.1. The Morgan fingerprint density at radius 1 is 1.05 bits per heavy atom. The van der Waals surface area contributed by atoms with Crippen LogP contribution in [0.15, 0.2) is 47.6 Å². The number of fused-ring (bicyclic) bond motifs is 1. The summed E-state index contributed by atoms with van der Waals surface area (Å²) in [5.74, 6) is 0. The third-order valence-corrected chi connectivity index (χ3v) is 4.22. The molecule has 1 aliphatic rings. The highest BCUT2D eigenvalue weighted by Gasteiger charge is 2.34. The van der Waals surface area contributed by atoms with Crippen LogP contribution in [-0.4, -0.2) is 10.9 Å². The van der Waals surface area contributed by atoms with Crippen LogP contribution in [0, 0.1) is 0 Å². The Kier molecular flexibility index (Phi) is 3.06. The first-order valence-corrected chi connectivity index (χ1v) is 7.01. The summed E-state index contributed by atoms with van der Waals surface area (Å²) in [5, 5.41) is 13.3. The van der Waals surface area contributed by atoms with Gasteiger partial charge in [0.05, 0.1) is 5.71 Å². The molecule has 0 saturated heterocycles. The third-order valence-electron chi connectivity index (χ3n) is 3.97. The van der Waals surface area contributed by atoms with Crippen LogP contribution in [0.5, 0.6) is 0 Å². The summed E-state index contributed by atoms with van der Waals surface area (Å²) in [7, 11) is 0. The predicted molar refractivity (Wildman–Crippen MR) is 82.9 cm³/mol. The maximum absolute atomic E-state index is 9.14. The zero-order chi connectivity index (χ0) is 14.3. The second-order valence-electron chi connectivity index (χ2n) is 5.87. The molecule has 0 unspecified atom stereocenters. The average Bonchev–Trinajstić information content (AvgIpc) is 2.71. The van der Waals surface area contributed by atoms with E-state index in [0.29, 0.717) is 0 Å². The van der Waals surface area contributed by atoms with Gasteiger partial charge in [0.1, 0.15) is 0 Å². The second kappa shape index (κ2) is 4.64. The first kappa shape index (κ1) is 13.2. The highest BCUT2D eigenvalue weighted by atomic mass is 35.5. The summed E-state index contributed by atoms with van der Waals surface area (Å²) < 4.78 is 0. The molecule has 2 aromatic rings. The van der Waals surface area contributed by atoms with Crippen molar-refractivity contribution in [2.24, 2.45) is 5.16 Å². The minimum absolute atomic E-state index is 0.000663. The topological polar surface area (TPSA) is 32.6 Å². The molecule has 20 heavy (non-hydrogen) atoms. The first-order valence-electron chi connectivity index (χ1n) is 6.63. The Morgan fingerprint density at radius 2 is 1.70 bits per heavy atom. The maximum Gasteiger partial charge on any atom is 0.0879 e. The highest BCUT2D eigenvalue weighted by molar-refractivity contribution is 6.30. The summed E-state index contributed by atoms with van der Waals surface area (Å²) in [4.78, 5) is 0. The van der Waals surface area contributed by atoms with Crippen molar-refractivity contribution in [1.29, 1.82) is 0 Å². The van der Waals surface area contributed by atoms with Crippen LogP contribution in [0.25, 0.3) is 11.1 Å². The predicted octanol–water partition coefficient (Wildman–Crippen LogP) is 4.87. The van der Waals surface area contributed by atoms with Crippen molar-refractivity contribution in [2.75, 3.05) is 0 Å². The Balaban J connectivity index is 2.12. The Labute approximate surface area is 123 Å². The molecule has 2 aromatic carbocycles. The Morgan fingerprint density at radius 3 is 2.35 bits per heavy atom. The van der Waals surface area contributed by atoms with Crippen LogP contribution in [0.2, 0.25) is 5.02 Å². The van der Waals surface area contributed by atoms with Crippen LogP contribution in [0.4, 0.5) is 0 Å². The highest BCUT2D eigenvalue weighted by Crippen LogP contribution is 2.40. The van der Waals surface area contributed by atoms with E-state index in [4.69, 9.17) is 16.8 Å². The molecular weight excluding hydrogens is 270 g/mol. The summed E-state index contributed by atoms with van der Waals surface area (Å²) in [6.45, 7) is 4.35. The molecule has 0 aliphatic heterocycles. The van der Waals surface area contributed by atoms with Gasteiger partial charge in [-0.05, 0) is 40.3 Å². The molecule has 0 heterocycles. The lowest BCUT2D eigenvalue weighted by atomic mass is 9.85. The molecule has 0 amide bonds. The number of oxime groups is 1. The van der Waals surface area contributed by atoms with E-state index in [0.717, 1.165) is 33.8 Å². The molecule has 0 aromatic heterocycles. The molecule has 102 valence electrons. The van der Waals surface area contributed by atoms with Crippen molar-refractivity contribution in [3.05, 3.63) is 58.6 Å². The minimum Gasteiger partial charge on any atom is -0.411 e. The van der Waals surface area contributed by atoms with Gasteiger partial charge in [0.25, 0.3) is 0 Å². The van der Waals surface area contributed by atoms with Crippen LogP contribution in [0.3, 0.4) is 0 Å². The number of benzene rings is 2. The molecule has 2 nitrogen and oxygen atoms in total. The summed E-state index contributed by atoms with van der Waals surface area (Å²) >= 11 is 5.93. The quantitative estimate of drug-likeness (QED) is 0.588. The average molecular weight is 286 g/mol. The minimum atomic E-state index is -0.000663. The molecule has 3 rings (SSSR count). The lowest BCUT2D eigenvalue weighted by Gasteiger charge is -2.18. The van der Waals surface area contributed by atoms with Gasteiger partial charge in [-0.15, -0.1) is 0 Å². The number of rotatable bonds is 1. The van der Waals surface area contributed by atoms with Gasteiger partial charge in [-0.25, -0.2) is 0 Å². The molecule has 0 spiro atoms. The second-order valence-corrected chi connectivity index (χ2v) is 6.31. The first-order chi connectivity index (χ1) is 9.51. The number of halogens is 1. The molecule has 0 atom stereocenters. The summed E-state index contributed by atoms with van der Waals surface area (Å²) in [5.41, 5.74) is 5.36. The van der Waals surface area contributed by atoms with Gasteiger partial charge in [-0.3, -0.25) is 0 Å². The molecule has 0 radical (unpaired) electrons. The van der Waals surface area contributed by atoms with E-state index < -0.39 is 0 Å². The normalized spacial score (nSPS) is 18.2. The van der Waals surface area contributed by atoms with Crippen molar-refractivity contribution >= 4 is 17.3 Å². The zero-order valence-electron chi connectivity index (χ0n) is 11.5. The molecule has 1 aliphatic carbocycles. The molecule has 1 N–H and O–H groups in total. The number of hydrogen-bond donors (Lipinski definition) is 1. The van der Waals surface area contributed by atoms with E-state index in [1.54, 1.807) is 0 Å². The van der Waals surface area contributed by atoms with Gasteiger partial charge in [0.2, 0.25) is 0 Å². The SMILES string of the molecule is CC1(C)CC(=NO)c2ccc(-c3ccc(Cl)cc3)cc21. The van der Waals surface area contributed by atoms with Gasteiger partial charge in [-0.1, -0.05) is 54.9 Å². The molecular formula is C17H16ClNO. The lowest BCUT2D eigenvalue weighted by molar-refractivity contribution is 0.317. The van der Waals surface area contributed by atoms with Gasteiger partial charge < -0.3 is 5.21 Å². The zero-order valence-corrected chi connectivity index (χ0v) is 12.3. The van der Waals surface area contributed by atoms with Crippen LogP contribution in [0.1, 0.15) is 31.4 Å².